The van der Waals surface area contributed by atoms with E-state index in [9.17, 15) is 0 Å². The molecule has 0 N–H and O–H groups in total. The van der Waals surface area contributed by atoms with Crippen molar-refractivity contribution in [2.75, 3.05) is 16.5 Å². The highest BCUT2D eigenvalue weighted by molar-refractivity contribution is 7.26. The van der Waals surface area contributed by atoms with E-state index in [1.807, 2.05) is 23.6 Å². The summed E-state index contributed by atoms with van der Waals surface area (Å²) in [5.74, 6) is 0.828. The average Bonchev–Trinajstić information content (AvgIpc) is 3.72. The minimum Gasteiger partial charge on any atom is -0.447 e. The first-order valence-electron chi connectivity index (χ1n) is 15.6. The van der Waals surface area contributed by atoms with Gasteiger partial charge in [-0.05, 0) is 73.4 Å². The third-order valence-electron chi connectivity index (χ3n) is 9.06. The summed E-state index contributed by atoms with van der Waals surface area (Å²) in [6, 6.07) is 36.7. The van der Waals surface area contributed by atoms with E-state index < -0.39 is 0 Å². The molecular weight excluding hydrogens is 603 g/mol. The minimum absolute atomic E-state index is 0.0227. The summed E-state index contributed by atoms with van der Waals surface area (Å²) in [4.78, 5) is 9.66. The van der Waals surface area contributed by atoms with Gasteiger partial charge in [-0.15, -0.1) is 11.3 Å². The Kier molecular flexibility index (Phi) is 6.89. The third kappa shape index (κ3) is 4.93. The first-order valence-corrected chi connectivity index (χ1v) is 17.3. The van der Waals surface area contributed by atoms with Gasteiger partial charge in [0.15, 0.2) is 5.06 Å². The van der Waals surface area contributed by atoms with Gasteiger partial charge in [-0.2, -0.15) is 0 Å². The number of pyridine rings is 1. The maximum Gasteiger partial charge on any atom is 0.182 e. The van der Waals surface area contributed by atoms with Crippen LogP contribution in [0.3, 0.4) is 0 Å². The number of fused-ring (bicyclic) bond motifs is 4. The number of benzene rings is 4. The van der Waals surface area contributed by atoms with E-state index in [0.29, 0.717) is 0 Å². The van der Waals surface area contributed by atoms with E-state index in [1.165, 1.54) is 58.5 Å². The zero-order valence-electron chi connectivity index (χ0n) is 26.7. The molecule has 0 unspecified atom stereocenters. The SMILES string of the molecule is CC1=C(C)N(c2cccc(Oc3cc4c(-c5cc(C(C)(C)C)ccn5)c5c(cc4s3)sc3ccccc35)c2)CN1c1ccccc1. The first-order chi connectivity index (χ1) is 22.2. The van der Waals surface area contributed by atoms with Crippen molar-refractivity contribution < 1.29 is 4.74 Å². The van der Waals surface area contributed by atoms with E-state index in [-0.39, 0.29) is 5.41 Å². The molecule has 228 valence electrons. The van der Waals surface area contributed by atoms with Gasteiger partial charge < -0.3 is 14.5 Å². The van der Waals surface area contributed by atoms with Gasteiger partial charge in [0, 0.05) is 76.9 Å². The molecule has 0 aliphatic carbocycles. The van der Waals surface area contributed by atoms with Crippen LogP contribution in [0.15, 0.2) is 121 Å². The van der Waals surface area contributed by atoms with Crippen LogP contribution < -0.4 is 14.5 Å². The van der Waals surface area contributed by atoms with Crippen LogP contribution >= 0.6 is 22.7 Å². The molecule has 6 heteroatoms. The lowest BCUT2D eigenvalue weighted by Gasteiger charge is -2.24. The Bertz CT molecular complexity index is 2290. The van der Waals surface area contributed by atoms with Gasteiger partial charge >= 0.3 is 0 Å². The number of rotatable bonds is 5. The second-order valence-corrected chi connectivity index (χ2v) is 15.1. The second kappa shape index (κ2) is 11.0. The Hall–Kier alpha value is -4.65. The van der Waals surface area contributed by atoms with Gasteiger partial charge in [-0.3, -0.25) is 4.98 Å². The molecule has 4 aromatic carbocycles. The molecule has 0 saturated heterocycles. The standard InChI is InChI=1S/C40H35N3OS2/c1-25-26(2)43(24-42(25)28-12-7-6-8-13-28)29-14-11-15-30(21-29)44-37-22-32-35(46-37)23-36-39(31-16-9-10-17-34(31)45-36)38(32)33-20-27(18-19-41-33)40(3,4)5/h6-23H,24H2,1-5H3. The number of allylic oxidation sites excluding steroid dienone is 2. The molecule has 4 nitrogen and oxygen atoms in total. The van der Waals surface area contributed by atoms with Gasteiger partial charge in [0.05, 0.1) is 12.4 Å². The van der Waals surface area contributed by atoms with Crippen LogP contribution in [0.2, 0.25) is 0 Å². The Morgan fingerprint density at radius 1 is 0.674 bits per heavy atom. The number of anilines is 2. The number of thiophene rings is 2. The van der Waals surface area contributed by atoms with Crippen molar-refractivity contribution in [3.05, 3.63) is 126 Å². The number of para-hydroxylation sites is 1. The molecule has 0 bridgehead atoms. The average molecular weight is 638 g/mol. The third-order valence-corrected chi connectivity index (χ3v) is 11.1. The van der Waals surface area contributed by atoms with E-state index in [2.05, 4.69) is 141 Å². The van der Waals surface area contributed by atoms with Crippen molar-refractivity contribution in [2.24, 2.45) is 0 Å². The molecule has 1 aliphatic rings. The maximum absolute atomic E-state index is 6.64. The summed E-state index contributed by atoms with van der Waals surface area (Å²) in [5, 5.41) is 4.60. The Morgan fingerprint density at radius 2 is 1.41 bits per heavy atom. The Labute approximate surface area is 277 Å². The normalized spacial score (nSPS) is 13.9. The van der Waals surface area contributed by atoms with Gasteiger partial charge in [-0.1, -0.05) is 74.6 Å². The molecule has 0 fully saturated rings. The van der Waals surface area contributed by atoms with Gasteiger partial charge in [-0.25, -0.2) is 0 Å². The lowest BCUT2D eigenvalue weighted by molar-refractivity contribution is 0.497. The summed E-state index contributed by atoms with van der Waals surface area (Å²) in [7, 11) is 0. The zero-order chi connectivity index (χ0) is 31.6. The lowest BCUT2D eigenvalue weighted by atomic mass is 9.86. The van der Waals surface area contributed by atoms with Crippen LogP contribution in [-0.4, -0.2) is 11.7 Å². The highest BCUT2D eigenvalue weighted by atomic mass is 32.1. The van der Waals surface area contributed by atoms with Crippen molar-refractivity contribution in [3.63, 3.8) is 0 Å². The summed E-state index contributed by atoms with van der Waals surface area (Å²) < 4.78 is 10.4. The number of hydrogen-bond acceptors (Lipinski definition) is 6. The smallest absolute Gasteiger partial charge is 0.182 e. The maximum atomic E-state index is 6.64. The largest absolute Gasteiger partial charge is 0.447 e. The molecular formula is C40H35N3OS2. The summed E-state index contributed by atoms with van der Waals surface area (Å²) in [6.45, 7) is 11.9. The van der Waals surface area contributed by atoms with Crippen LogP contribution in [0.1, 0.15) is 40.2 Å². The summed E-state index contributed by atoms with van der Waals surface area (Å²) in [5.41, 5.74) is 8.30. The Balaban J connectivity index is 1.20. The van der Waals surface area contributed by atoms with Crippen molar-refractivity contribution in [3.8, 4) is 22.1 Å². The highest BCUT2D eigenvalue weighted by Gasteiger charge is 2.26. The van der Waals surface area contributed by atoms with Crippen LogP contribution in [0.4, 0.5) is 11.4 Å². The van der Waals surface area contributed by atoms with Gasteiger partial charge in [0.1, 0.15) is 5.75 Å². The lowest BCUT2D eigenvalue weighted by Crippen LogP contribution is -2.26. The number of aromatic nitrogens is 1. The topological polar surface area (TPSA) is 28.6 Å². The summed E-state index contributed by atoms with van der Waals surface area (Å²) in [6.07, 6.45) is 1.96. The molecule has 7 aromatic rings. The number of nitrogens with zero attached hydrogens (tertiary/aromatic N) is 3. The van der Waals surface area contributed by atoms with Crippen LogP contribution in [0, 0.1) is 0 Å². The molecule has 0 radical (unpaired) electrons. The molecule has 46 heavy (non-hydrogen) atoms. The second-order valence-electron chi connectivity index (χ2n) is 13.0. The van der Waals surface area contributed by atoms with Gasteiger partial charge in [0.25, 0.3) is 0 Å². The van der Waals surface area contributed by atoms with Crippen molar-refractivity contribution >= 4 is 64.3 Å². The summed E-state index contributed by atoms with van der Waals surface area (Å²) >= 11 is 3.55. The highest BCUT2D eigenvalue weighted by Crippen LogP contribution is 2.48. The van der Waals surface area contributed by atoms with E-state index in [4.69, 9.17) is 9.72 Å². The van der Waals surface area contributed by atoms with Crippen LogP contribution in [-0.2, 0) is 5.41 Å². The number of ether oxygens (including phenoxy) is 1. The predicted octanol–water partition coefficient (Wildman–Crippen LogP) is 12.0. The molecule has 4 heterocycles. The molecule has 3 aromatic heterocycles. The molecule has 0 spiro atoms. The van der Waals surface area contributed by atoms with E-state index in [1.54, 1.807) is 11.3 Å². The van der Waals surface area contributed by atoms with Crippen LogP contribution in [0.25, 0.3) is 41.5 Å². The molecule has 0 saturated carbocycles. The zero-order valence-corrected chi connectivity index (χ0v) is 28.3. The minimum atomic E-state index is 0.0227. The molecule has 0 atom stereocenters. The fourth-order valence-electron chi connectivity index (χ4n) is 6.45. The van der Waals surface area contributed by atoms with Crippen molar-refractivity contribution in [2.45, 2.75) is 40.0 Å². The quantitative estimate of drug-likeness (QED) is 0.188. The fraction of sp³-hybridized carbons (Fsp3) is 0.175. The first kappa shape index (κ1) is 28.8. The molecule has 0 amide bonds. The van der Waals surface area contributed by atoms with Crippen LogP contribution in [0.5, 0.6) is 10.8 Å². The van der Waals surface area contributed by atoms with Crippen molar-refractivity contribution in [1.29, 1.82) is 0 Å². The van der Waals surface area contributed by atoms with E-state index in [0.717, 1.165) is 28.9 Å². The fourth-order valence-corrected chi connectivity index (χ4v) is 8.65. The van der Waals surface area contributed by atoms with E-state index >= 15 is 0 Å². The van der Waals surface area contributed by atoms with Gasteiger partial charge in [0.2, 0.25) is 0 Å². The predicted molar refractivity (Wildman–Crippen MR) is 198 cm³/mol. The molecule has 1 aliphatic heterocycles. The van der Waals surface area contributed by atoms with Crippen molar-refractivity contribution in [1.82, 2.24) is 4.98 Å². The number of hydrogen-bond donors (Lipinski definition) is 0. The molecule has 8 rings (SSSR count). The Morgan fingerprint density at radius 3 is 2.22 bits per heavy atom. The monoisotopic (exact) mass is 637 g/mol.